The minimum absolute atomic E-state index is 0.270. The van der Waals surface area contributed by atoms with Gasteiger partial charge in [-0.25, -0.2) is 48.5 Å². The first-order valence-electron chi connectivity index (χ1n) is 16.8. The Morgan fingerprint density at radius 3 is 0.815 bits per heavy atom. The predicted octanol–water partition coefficient (Wildman–Crippen LogP) is 7.41. The molecular formula is C40H50O14. The van der Waals surface area contributed by atoms with Crippen LogP contribution >= 0.6 is 0 Å². The van der Waals surface area contributed by atoms with E-state index >= 15 is 0 Å². The fraction of sp³-hybridized carbons (Fsp3) is 0.500. The molecule has 0 bridgehead atoms. The van der Waals surface area contributed by atoms with Gasteiger partial charge in [0, 0.05) is 0 Å². The fourth-order valence-corrected chi connectivity index (χ4v) is 3.36. The van der Waals surface area contributed by atoms with E-state index in [0.717, 1.165) is 0 Å². The Morgan fingerprint density at radius 1 is 0.352 bits per heavy atom. The molecule has 14 nitrogen and oxygen atoms in total. The highest BCUT2D eigenvalue weighted by atomic mass is 17.2. The lowest BCUT2D eigenvalue weighted by molar-refractivity contribution is -0.384. The van der Waals surface area contributed by atoms with Gasteiger partial charge in [0.25, 0.3) is 0 Å². The molecule has 2 rings (SSSR count). The molecule has 0 unspecified atom stereocenters. The summed E-state index contributed by atoms with van der Waals surface area (Å²) < 4.78 is 0. The lowest BCUT2D eigenvalue weighted by Gasteiger charge is -2.25. The zero-order valence-electron chi connectivity index (χ0n) is 33.3. The maximum atomic E-state index is 13.0. The van der Waals surface area contributed by atoms with Gasteiger partial charge in [-0.15, -0.1) is 0 Å². The van der Waals surface area contributed by atoms with Crippen LogP contribution in [0.25, 0.3) is 0 Å². The van der Waals surface area contributed by atoms with Crippen molar-refractivity contribution >= 4 is 23.9 Å². The maximum Gasteiger partial charge on any atom is 0.387 e. The Labute approximate surface area is 316 Å². The first-order chi connectivity index (χ1) is 24.6. The van der Waals surface area contributed by atoms with E-state index in [4.69, 9.17) is 48.9 Å². The van der Waals surface area contributed by atoms with E-state index in [1.54, 1.807) is 55.4 Å². The first-order valence-corrected chi connectivity index (χ1v) is 16.8. The molecule has 2 aromatic rings. The molecule has 0 heterocycles. The van der Waals surface area contributed by atoms with Gasteiger partial charge >= 0.3 is 23.9 Å². The topological polar surface area (TPSA) is 161 Å². The minimum atomic E-state index is -1.31. The van der Waals surface area contributed by atoms with Crippen LogP contribution in [-0.4, -0.2) is 57.5 Å². The normalized spacial score (nSPS) is 12.3. The standard InChI is InChI=1S/C40H50O14/c1-35(2,3)49-53-39(11,12)25-23-37(7,8)51-47-33(43)29-21-17-15-19-27(29)31(41)45-46-32(42)28-20-16-18-22-30(28)34(44)48-52-38(9,10)24-26-40(13,14)54-50-36(4,5)6/h15-22H,1-14H3. The lowest BCUT2D eigenvalue weighted by Crippen LogP contribution is -2.31. The number of carbonyl (C=O) groups is 4. The molecule has 0 N–H and O–H groups in total. The molecule has 0 aliphatic rings. The molecule has 0 aliphatic heterocycles. The second kappa shape index (κ2) is 18.0. The SMILES string of the molecule is CC(C)(C)OOC(C)(C)C#CC(C)(C)OOC(=O)c1ccccc1C(=O)OOC(=O)c1ccccc1C(=O)OOC(C)(C)C#CC(C)(C)OOC(C)(C)C. The lowest BCUT2D eigenvalue weighted by atomic mass is 10.1. The van der Waals surface area contributed by atoms with Crippen molar-refractivity contribution in [1.29, 1.82) is 0 Å². The molecule has 0 saturated heterocycles. The predicted molar refractivity (Wildman–Crippen MR) is 192 cm³/mol. The van der Waals surface area contributed by atoms with Crippen molar-refractivity contribution in [3.8, 4) is 23.7 Å². The van der Waals surface area contributed by atoms with Crippen molar-refractivity contribution in [3.05, 3.63) is 70.8 Å². The zero-order chi connectivity index (χ0) is 41.2. The van der Waals surface area contributed by atoms with E-state index < -0.39 is 57.5 Å². The van der Waals surface area contributed by atoms with E-state index in [1.807, 2.05) is 41.5 Å². The summed E-state index contributed by atoms with van der Waals surface area (Å²) in [5.41, 5.74) is -6.97. The van der Waals surface area contributed by atoms with Gasteiger partial charge in [-0.2, -0.15) is 9.78 Å². The average molecular weight is 755 g/mol. The van der Waals surface area contributed by atoms with E-state index in [9.17, 15) is 19.2 Å². The summed E-state index contributed by atoms with van der Waals surface area (Å²) in [6.45, 7) is 23.8. The van der Waals surface area contributed by atoms with Crippen molar-refractivity contribution in [2.24, 2.45) is 0 Å². The highest BCUT2D eigenvalue weighted by molar-refractivity contribution is 6.04. The molecule has 0 atom stereocenters. The summed E-state index contributed by atoms with van der Waals surface area (Å²) in [5.74, 6) is 6.78. The molecule has 2 aromatic carbocycles. The van der Waals surface area contributed by atoms with Crippen LogP contribution in [0.3, 0.4) is 0 Å². The van der Waals surface area contributed by atoms with Gasteiger partial charge < -0.3 is 0 Å². The smallest absolute Gasteiger partial charge is 0.291 e. The van der Waals surface area contributed by atoms with Crippen LogP contribution in [0.1, 0.15) is 138 Å². The van der Waals surface area contributed by atoms with Crippen molar-refractivity contribution in [1.82, 2.24) is 0 Å². The van der Waals surface area contributed by atoms with Crippen LogP contribution in [0, 0.1) is 23.7 Å². The quantitative estimate of drug-likeness (QED) is 0.120. The molecule has 0 amide bonds. The molecule has 54 heavy (non-hydrogen) atoms. The monoisotopic (exact) mass is 754 g/mol. The average Bonchev–Trinajstić information content (AvgIpc) is 3.08. The van der Waals surface area contributed by atoms with Gasteiger partial charge in [0.2, 0.25) is 0 Å². The molecule has 0 fully saturated rings. The maximum absolute atomic E-state index is 13.0. The molecular weight excluding hydrogens is 704 g/mol. The third-order valence-electron chi connectivity index (χ3n) is 5.91. The van der Waals surface area contributed by atoms with Crippen LogP contribution in [0.2, 0.25) is 0 Å². The van der Waals surface area contributed by atoms with E-state index in [0.29, 0.717) is 0 Å². The fourth-order valence-electron chi connectivity index (χ4n) is 3.36. The molecule has 14 heteroatoms. The van der Waals surface area contributed by atoms with Crippen LogP contribution in [0.4, 0.5) is 0 Å². The molecule has 0 spiro atoms. The van der Waals surface area contributed by atoms with Crippen molar-refractivity contribution in [2.75, 3.05) is 0 Å². The molecule has 0 aliphatic carbocycles. The van der Waals surface area contributed by atoms with Gasteiger partial charge in [-0.05, 0) is 121 Å². The Balaban J connectivity index is 2.07. The zero-order valence-corrected chi connectivity index (χ0v) is 33.3. The van der Waals surface area contributed by atoms with Crippen LogP contribution in [0.15, 0.2) is 48.5 Å². The third-order valence-corrected chi connectivity index (χ3v) is 5.91. The number of benzene rings is 2. The summed E-state index contributed by atoms with van der Waals surface area (Å²) in [6.07, 6.45) is 0. The van der Waals surface area contributed by atoms with E-state index in [1.165, 1.54) is 48.5 Å². The minimum Gasteiger partial charge on any atom is -0.291 e. The Morgan fingerprint density at radius 2 is 0.574 bits per heavy atom. The van der Waals surface area contributed by atoms with Crippen molar-refractivity contribution in [2.45, 2.75) is 131 Å². The highest BCUT2D eigenvalue weighted by Gasteiger charge is 2.29. The first kappa shape index (κ1) is 45.4. The second-order valence-electron chi connectivity index (χ2n) is 15.8. The summed E-state index contributed by atoms with van der Waals surface area (Å²) >= 11 is 0. The molecule has 294 valence electrons. The van der Waals surface area contributed by atoms with E-state index in [2.05, 4.69) is 23.7 Å². The summed E-state index contributed by atoms with van der Waals surface area (Å²) in [6, 6.07) is 10.8. The summed E-state index contributed by atoms with van der Waals surface area (Å²) in [5, 5.41) is 0. The Hall–Kier alpha value is -4.80. The highest BCUT2D eigenvalue weighted by Crippen LogP contribution is 2.21. The summed E-state index contributed by atoms with van der Waals surface area (Å²) in [4.78, 5) is 103. The second-order valence-corrected chi connectivity index (χ2v) is 15.8. The van der Waals surface area contributed by atoms with Crippen molar-refractivity contribution < 1.29 is 68.1 Å². The van der Waals surface area contributed by atoms with Gasteiger partial charge in [0.05, 0.1) is 33.5 Å². The van der Waals surface area contributed by atoms with Crippen LogP contribution < -0.4 is 0 Å². The third kappa shape index (κ3) is 16.5. The molecule has 0 saturated carbocycles. The molecule has 0 radical (unpaired) electrons. The Bertz CT molecular complexity index is 1650. The van der Waals surface area contributed by atoms with Gasteiger partial charge in [-0.3, -0.25) is 9.78 Å². The Kier molecular flexibility index (Phi) is 15.1. The largest absolute Gasteiger partial charge is 0.387 e. The number of hydrogen-bond acceptors (Lipinski definition) is 14. The number of rotatable bonds is 12. The number of hydrogen-bond donors (Lipinski definition) is 0. The van der Waals surface area contributed by atoms with E-state index in [-0.39, 0.29) is 22.3 Å². The summed E-state index contributed by atoms with van der Waals surface area (Å²) in [7, 11) is 0. The van der Waals surface area contributed by atoms with Crippen LogP contribution in [-0.2, 0) is 48.9 Å². The van der Waals surface area contributed by atoms with Gasteiger partial charge in [-0.1, -0.05) is 47.9 Å². The number of carbonyl (C=O) groups excluding carboxylic acids is 4. The van der Waals surface area contributed by atoms with Gasteiger partial charge in [0.15, 0.2) is 22.4 Å². The van der Waals surface area contributed by atoms with Crippen molar-refractivity contribution in [3.63, 3.8) is 0 Å². The van der Waals surface area contributed by atoms with Crippen LogP contribution in [0.5, 0.6) is 0 Å². The van der Waals surface area contributed by atoms with Gasteiger partial charge in [0.1, 0.15) is 0 Å². The molecule has 0 aromatic heterocycles.